The van der Waals surface area contributed by atoms with Crippen molar-refractivity contribution in [2.45, 2.75) is 25.9 Å². The Morgan fingerprint density at radius 3 is 2.92 bits per heavy atom. The fraction of sp³-hybridized carbons (Fsp3) is 0.500. The molecular weight excluding hydrogens is 152 g/mol. The molecule has 0 N–H and O–H groups in total. The van der Waals surface area contributed by atoms with Crippen molar-refractivity contribution in [2.75, 3.05) is 0 Å². The van der Waals surface area contributed by atoms with Crippen molar-refractivity contribution in [3.8, 4) is 0 Å². The Balaban J connectivity index is 2.62. The van der Waals surface area contributed by atoms with Crippen LogP contribution in [0.4, 0.5) is 0 Å². The highest BCUT2D eigenvalue weighted by Crippen LogP contribution is 2.25. The highest BCUT2D eigenvalue weighted by molar-refractivity contribution is 5.71. The first-order valence-corrected chi connectivity index (χ1v) is 4.11. The van der Waals surface area contributed by atoms with Crippen molar-refractivity contribution in [1.82, 2.24) is 0 Å². The Bertz CT molecular complexity index is 218. The van der Waals surface area contributed by atoms with E-state index < -0.39 is 0 Å². The zero-order valence-electron chi connectivity index (χ0n) is 7.38. The second kappa shape index (κ2) is 3.57. The molecule has 1 aliphatic heterocycles. The van der Waals surface area contributed by atoms with E-state index in [2.05, 4.69) is 13.2 Å². The summed E-state index contributed by atoms with van der Waals surface area (Å²) in [5, 5.41) is 0. The summed E-state index contributed by atoms with van der Waals surface area (Å²) >= 11 is 0. The zero-order chi connectivity index (χ0) is 9.14. The lowest BCUT2D eigenvalue weighted by Crippen LogP contribution is -2.29. The number of hydrogen-bond donors (Lipinski definition) is 0. The van der Waals surface area contributed by atoms with Gasteiger partial charge < -0.3 is 4.74 Å². The number of hydrogen-bond acceptors (Lipinski definition) is 2. The van der Waals surface area contributed by atoms with Gasteiger partial charge in [-0.1, -0.05) is 12.7 Å². The number of rotatable bonds is 2. The molecule has 1 aliphatic rings. The van der Waals surface area contributed by atoms with Crippen LogP contribution in [0, 0.1) is 5.92 Å². The molecule has 0 aromatic rings. The summed E-state index contributed by atoms with van der Waals surface area (Å²) in [5.74, 6) is 0.118. The molecule has 2 nitrogen and oxygen atoms in total. The van der Waals surface area contributed by atoms with Gasteiger partial charge in [0.1, 0.15) is 6.10 Å². The molecule has 12 heavy (non-hydrogen) atoms. The minimum Gasteiger partial charge on any atom is -0.458 e. The predicted molar refractivity (Wildman–Crippen MR) is 47.6 cm³/mol. The van der Waals surface area contributed by atoms with Crippen LogP contribution in [-0.2, 0) is 9.53 Å². The lowest BCUT2D eigenvalue weighted by molar-refractivity contribution is -0.153. The number of carbonyl (C=O) groups is 1. The smallest absolute Gasteiger partial charge is 0.306 e. The van der Waals surface area contributed by atoms with Gasteiger partial charge in [-0.05, 0) is 24.8 Å². The minimum absolute atomic E-state index is 0.103. The number of ether oxygens (including phenoxy) is 1. The molecule has 0 spiro atoms. The summed E-state index contributed by atoms with van der Waals surface area (Å²) in [6.07, 6.45) is 3.02. The summed E-state index contributed by atoms with van der Waals surface area (Å²) in [7, 11) is 0. The number of carbonyl (C=O) groups excluding carboxylic acids is 1. The zero-order valence-corrected chi connectivity index (χ0v) is 7.38. The molecule has 0 bridgehead atoms. The highest BCUT2D eigenvalue weighted by Gasteiger charge is 2.26. The van der Waals surface area contributed by atoms with Gasteiger partial charge in [0.2, 0.25) is 0 Å². The normalized spacial score (nSPS) is 29.2. The van der Waals surface area contributed by atoms with Crippen molar-refractivity contribution in [3.05, 3.63) is 24.8 Å². The average Bonchev–Trinajstić information content (AvgIpc) is 2.03. The molecule has 1 fully saturated rings. The lowest BCUT2D eigenvalue weighted by atomic mass is 9.93. The molecule has 1 rings (SSSR count). The first kappa shape index (κ1) is 9.04. The molecular formula is C10H14O2. The van der Waals surface area contributed by atoms with Crippen molar-refractivity contribution in [2.24, 2.45) is 5.92 Å². The van der Waals surface area contributed by atoms with Crippen LogP contribution in [0.1, 0.15) is 19.8 Å². The van der Waals surface area contributed by atoms with Crippen LogP contribution < -0.4 is 0 Å². The molecule has 0 aromatic carbocycles. The number of esters is 1. The lowest BCUT2D eigenvalue weighted by Gasteiger charge is -2.27. The molecule has 1 heterocycles. The van der Waals surface area contributed by atoms with Gasteiger partial charge in [-0.3, -0.25) is 4.79 Å². The van der Waals surface area contributed by atoms with Crippen LogP contribution in [-0.4, -0.2) is 12.1 Å². The Morgan fingerprint density at radius 2 is 2.42 bits per heavy atom. The predicted octanol–water partition coefficient (Wildman–Crippen LogP) is 2.07. The topological polar surface area (TPSA) is 26.3 Å². The highest BCUT2D eigenvalue weighted by atomic mass is 16.5. The van der Waals surface area contributed by atoms with Crippen molar-refractivity contribution in [1.29, 1.82) is 0 Å². The van der Waals surface area contributed by atoms with Crippen molar-refractivity contribution >= 4 is 5.97 Å². The maximum absolute atomic E-state index is 11.0. The fourth-order valence-corrected chi connectivity index (χ4v) is 1.31. The Morgan fingerprint density at radius 1 is 1.75 bits per heavy atom. The van der Waals surface area contributed by atoms with Crippen molar-refractivity contribution in [3.63, 3.8) is 0 Å². The van der Waals surface area contributed by atoms with Gasteiger partial charge in [0.25, 0.3) is 0 Å². The minimum atomic E-state index is -0.140. The van der Waals surface area contributed by atoms with Gasteiger partial charge in [0.15, 0.2) is 0 Å². The maximum Gasteiger partial charge on any atom is 0.306 e. The van der Waals surface area contributed by atoms with Gasteiger partial charge >= 0.3 is 5.97 Å². The van der Waals surface area contributed by atoms with E-state index in [-0.39, 0.29) is 18.0 Å². The molecule has 2 atom stereocenters. The molecule has 0 aliphatic carbocycles. The quantitative estimate of drug-likeness (QED) is 0.463. The number of cyclic esters (lactones) is 1. The van der Waals surface area contributed by atoms with Gasteiger partial charge in [0, 0.05) is 0 Å². The van der Waals surface area contributed by atoms with Crippen LogP contribution in [0.2, 0.25) is 0 Å². The first-order valence-electron chi connectivity index (χ1n) is 4.11. The van der Waals surface area contributed by atoms with Gasteiger partial charge in [-0.2, -0.15) is 0 Å². The molecule has 66 valence electrons. The molecule has 0 unspecified atom stereocenters. The van der Waals surface area contributed by atoms with E-state index in [1.165, 1.54) is 0 Å². The molecule has 1 saturated heterocycles. The summed E-state index contributed by atoms with van der Waals surface area (Å²) in [5.41, 5.74) is 0.912. The first-order chi connectivity index (χ1) is 5.63. The van der Waals surface area contributed by atoms with E-state index in [1.807, 2.05) is 13.0 Å². The van der Waals surface area contributed by atoms with E-state index in [0.717, 1.165) is 12.0 Å². The van der Waals surface area contributed by atoms with Gasteiger partial charge in [-0.25, -0.2) is 0 Å². The maximum atomic E-state index is 11.0. The summed E-state index contributed by atoms with van der Waals surface area (Å²) in [6.45, 7) is 9.32. The Kier molecular flexibility index (Phi) is 2.69. The molecule has 0 aromatic heterocycles. The molecule has 0 radical (unpaired) electrons. The summed E-state index contributed by atoms with van der Waals surface area (Å²) in [4.78, 5) is 11.0. The third-order valence-electron chi connectivity index (χ3n) is 2.10. The molecule has 0 saturated carbocycles. The van der Waals surface area contributed by atoms with E-state index in [4.69, 9.17) is 4.74 Å². The average molecular weight is 166 g/mol. The summed E-state index contributed by atoms with van der Waals surface area (Å²) in [6, 6.07) is 0. The van der Waals surface area contributed by atoms with Gasteiger partial charge in [0.05, 0.1) is 6.42 Å². The van der Waals surface area contributed by atoms with E-state index >= 15 is 0 Å². The third kappa shape index (κ3) is 1.97. The SMILES string of the molecule is C=C[C@@H]1CC(=O)O[C@@H](C(=C)C)C1. The van der Waals surface area contributed by atoms with Crippen LogP contribution >= 0.6 is 0 Å². The van der Waals surface area contributed by atoms with Crippen LogP contribution in [0.3, 0.4) is 0 Å². The van der Waals surface area contributed by atoms with Crippen LogP contribution in [0.5, 0.6) is 0 Å². The second-order valence-electron chi connectivity index (χ2n) is 3.26. The second-order valence-corrected chi connectivity index (χ2v) is 3.26. The molecule has 0 amide bonds. The van der Waals surface area contributed by atoms with E-state index in [1.54, 1.807) is 0 Å². The van der Waals surface area contributed by atoms with E-state index in [0.29, 0.717) is 6.42 Å². The number of allylic oxidation sites excluding steroid dienone is 1. The van der Waals surface area contributed by atoms with Gasteiger partial charge in [-0.15, -0.1) is 6.58 Å². The van der Waals surface area contributed by atoms with Crippen molar-refractivity contribution < 1.29 is 9.53 Å². The third-order valence-corrected chi connectivity index (χ3v) is 2.10. The monoisotopic (exact) mass is 166 g/mol. The standard InChI is InChI=1S/C10H14O2/c1-4-8-5-9(7(2)3)12-10(11)6-8/h4,8-9H,1-2,5-6H2,3H3/t8-,9+/m0/s1. The van der Waals surface area contributed by atoms with E-state index in [9.17, 15) is 4.79 Å². The van der Waals surface area contributed by atoms with Crippen LogP contribution in [0.25, 0.3) is 0 Å². The Labute approximate surface area is 72.9 Å². The largest absolute Gasteiger partial charge is 0.458 e. The fourth-order valence-electron chi connectivity index (χ4n) is 1.31. The molecule has 2 heteroatoms. The summed E-state index contributed by atoms with van der Waals surface area (Å²) < 4.78 is 5.09. The Hall–Kier alpha value is -1.05. The van der Waals surface area contributed by atoms with Crippen LogP contribution in [0.15, 0.2) is 24.8 Å².